The van der Waals surface area contributed by atoms with E-state index in [1.54, 1.807) is 0 Å². The van der Waals surface area contributed by atoms with Gasteiger partial charge in [-0.05, 0) is 24.1 Å². The molecule has 3 nitrogen and oxygen atoms in total. The highest BCUT2D eigenvalue weighted by Crippen LogP contribution is 2.30. The molecule has 2 aromatic rings. The van der Waals surface area contributed by atoms with Crippen LogP contribution in [0.5, 0.6) is 0 Å². The van der Waals surface area contributed by atoms with Crippen molar-refractivity contribution in [2.45, 2.75) is 19.9 Å². The van der Waals surface area contributed by atoms with E-state index < -0.39 is 0 Å². The Hall–Kier alpha value is -2.29. The fraction of sp³-hybridized carbons (Fsp3) is 0.278. The van der Waals surface area contributed by atoms with Crippen molar-refractivity contribution in [3.8, 4) is 11.1 Å². The smallest absolute Gasteiger partial charge is 0.217 e. The Labute approximate surface area is 126 Å². The Morgan fingerprint density at radius 1 is 1.05 bits per heavy atom. The maximum Gasteiger partial charge on any atom is 0.217 e. The number of hydrogen-bond acceptors (Lipinski definition) is 2. The summed E-state index contributed by atoms with van der Waals surface area (Å²) in [5.41, 5.74) is 4.69. The van der Waals surface area contributed by atoms with Gasteiger partial charge in [-0.1, -0.05) is 42.5 Å². The van der Waals surface area contributed by atoms with Gasteiger partial charge < -0.3 is 10.2 Å². The molecule has 21 heavy (non-hydrogen) atoms. The molecule has 0 fully saturated rings. The predicted molar refractivity (Wildman–Crippen MR) is 88.4 cm³/mol. The molecule has 3 heteroatoms. The van der Waals surface area contributed by atoms with E-state index >= 15 is 0 Å². The van der Waals surface area contributed by atoms with Crippen LogP contribution in [0.4, 0.5) is 5.69 Å². The van der Waals surface area contributed by atoms with Crippen LogP contribution in [0, 0.1) is 0 Å². The van der Waals surface area contributed by atoms with Gasteiger partial charge in [0.05, 0.1) is 6.04 Å². The van der Waals surface area contributed by atoms with E-state index in [1.165, 1.54) is 23.7 Å². The van der Waals surface area contributed by atoms with Gasteiger partial charge in [-0.15, -0.1) is 0 Å². The van der Waals surface area contributed by atoms with Gasteiger partial charge in [0.15, 0.2) is 0 Å². The van der Waals surface area contributed by atoms with Crippen LogP contribution in [-0.4, -0.2) is 20.0 Å². The first-order chi connectivity index (χ1) is 9.99. The predicted octanol–water partition coefficient (Wildman–Crippen LogP) is 3.62. The molecule has 0 radical (unpaired) electrons. The Morgan fingerprint density at radius 2 is 1.67 bits per heavy atom. The van der Waals surface area contributed by atoms with Crippen LogP contribution >= 0.6 is 0 Å². The zero-order valence-corrected chi connectivity index (χ0v) is 13.1. The summed E-state index contributed by atoms with van der Waals surface area (Å²) in [6.07, 6.45) is 0. The molecule has 2 aromatic carbocycles. The molecule has 0 aromatic heterocycles. The number of carbonyl (C=O) groups excluding carboxylic acids is 1. The van der Waals surface area contributed by atoms with Crippen LogP contribution in [-0.2, 0) is 4.79 Å². The first-order valence-corrected chi connectivity index (χ1v) is 7.13. The lowest BCUT2D eigenvalue weighted by Crippen LogP contribution is -2.23. The highest BCUT2D eigenvalue weighted by atomic mass is 16.1. The van der Waals surface area contributed by atoms with Crippen molar-refractivity contribution in [3.63, 3.8) is 0 Å². The lowest BCUT2D eigenvalue weighted by atomic mass is 9.99. The molecule has 0 saturated carbocycles. The minimum absolute atomic E-state index is 0.00969. The molecule has 0 aliphatic rings. The average Bonchev–Trinajstić information content (AvgIpc) is 2.46. The Morgan fingerprint density at radius 3 is 2.24 bits per heavy atom. The molecule has 1 atom stereocenters. The molecule has 0 unspecified atom stereocenters. The minimum Gasteiger partial charge on any atom is -0.377 e. The van der Waals surface area contributed by atoms with Gasteiger partial charge in [0.25, 0.3) is 0 Å². The number of anilines is 1. The Bertz CT molecular complexity index is 617. The summed E-state index contributed by atoms with van der Waals surface area (Å²) in [6, 6.07) is 16.7. The maximum absolute atomic E-state index is 11.1. The molecule has 0 heterocycles. The van der Waals surface area contributed by atoms with Gasteiger partial charge >= 0.3 is 0 Å². The third-order valence-corrected chi connectivity index (χ3v) is 3.53. The normalized spacial score (nSPS) is 11.8. The monoisotopic (exact) mass is 282 g/mol. The highest BCUT2D eigenvalue weighted by molar-refractivity contribution is 5.78. The quantitative estimate of drug-likeness (QED) is 0.929. The number of nitrogens with zero attached hydrogens (tertiary/aromatic N) is 1. The Balaban J connectivity index is 2.29. The average molecular weight is 282 g/mol. The maximum atomic E-state index is 11.1. The van der Waals surface area contributed by atoms with E-state index in [0.29, 0.717) is 0 Å². The van der Waals surface area contributed by atoms with Crippen LogP contribution in [0.3, 0.4) is 0 Å². The number of para-hydroxylation sites is 1. The molecule has 0 bridgehead atoms. The molecular formula is C18H22N2O. The summed E-state index contributed by atoms with van der Waals surface area (Å²) in [4.78, 5) is 13.2. The fourth-order valence-corrected chi connectivity index (χ4v) is 2.45. The van der Waals surface area contributed by atoms with E-state index in [4.69, 9.17) is 0 Å². The largest absolute Gasteiger partial charge is 0.377 e. The van der Waals surface area contributed by atoms with Crippen molar-refractivity contribution in [3.05, 3.63) is 54.1 Å². The van der Waals surface area contributed by atoms with E-state index in [2.05, 4.69) is 52.7 Å². The van der Waals surface area contributed by atoms with Gasteiger partial charge in [0, 0.05) is 32.3 Å². The molecule has 0 aliphatic carbocycles. The second-order valence-electron chi connectivity index (χ2n) is 5.46. The van der Waals surface area contributed by atoms with Gasteiger partial charge in [0.1, 0.15) is 0 Å². The number of nitrogens with one attached hydrogen (secondary N) is 1. The van der Waals surface area contributed by atoms with E-state index in [1.807, 2.05) is 27.1 Å². The summed E-state index contributed by atoms with van der Waals surface area (Å²) < 4.78 is 0. The van der Waals surface area contributed by atoms with Crippen molar-refractivity contribution in [1.29, 1.82) is 0 Å². The van der Waals surface area contributed by atoms with Crippen molar-refractivity contribution in [1.82, 2.24) is 5.32 Å². The summed E-state index contributed by atoms with van der Waals surface area (Å²) in [6.45, 7) is 3.53. The summed E-state index contributed by atoms with van der Waals surface area (Å²) in [5.74, 6) is -0.00969. The number of amides is 1. The molecule has 1 N–H and O–H groups in total. The minimum atomic E-state index is -0.00969. The molecule has 1 amide bonds. The van der Waals surface area contributed by atoms with Gasteiger partial charge in [-0.3, -0.25) is 4.79 Å². The highest BCUT2D eigenvalue weighted by Gasteiger charge is 2.09. The second-order valence-corrected chi connectivity index (χ2v) is 5.46. The van der Waals surface area contributed by atoms with Gasteiger partial charge in [0.2, 0.25) is 5.91 Å². The number of hydrogen-bond donors (Lipinski definition) is 1. The fourth-order valence-electron chi connectivity index (χ4n) is 2.45. The lowest BCUT2D eigenvalue weighted by molar-refractivity contribution is -0.119. The summed E-state index contributed by atoms with van der Waals surface area (Å²) in [5, 5.41) is 2.90. The second kappa shape index (κ2) is 6.44. The van der Waals surface area contributed by atoms with Crippen LogP contribution in [0.15, 0.2) is 48.5 Å². The lowest BCUT2D eigenvalue weighted by Gasteiger charge is -2.18. The molecule has 0 saturated heterocycles. The van der Waals surface area contributed by atoms with Gasteiger partial charge in [-0.2, -0.15) is 0 Å². The molecule has 0 aliphatic heterocycles. The molecule has 2 rings (SSSR count). The van der Waals surface area contributed by atoms with Crippen molar-refractivity contribution in [2.75, 3.05) is 19.0 Å². The van der Waals surface area contributed by atoms with Crippen molar-refractivity contribution >= 4 is 11.6 Å². The van der Waals surface area contributed by atoms with Crippen LogP contribution in [0.2, 0.25) is 0 Å². The third kappa shape index (κ3) is 3.63. The van der Waals surface area contributed by atoms with Crippen LogP contribution in [0.1, 0.15) is 25.5 Å². The van der Waals surface area contributed by atoms with Gasteiger partial charge in [-0.25, -0.2) is 0 Å². The zero-order chi connectivity index (χ0) is 15.4. The topological polar surface area (TPSA) is 32.3 Å². The van der Waals surface area contributed by atoms with Crippen LogP contribution < -0.4 is 10.2 Å². The van der Waals surface area contributed by atoms with Crippen LogP contribution in [0.25, 0.3) is 11.1 Å². The first-order valence-electron chi connectivity index (χ1n) is 7.13. The Kier molecular flexibility index (Phi) is 4.63. The van der Waals surface area contributed by atoms with E-state index in [-0.39, 0.29) is 11.9 Å². The van der Waals surface area contributed by atoms with E-state index in [9.17, 15) is 4.79 Å². The summed E-state index contributed by atoms with van der Waals surface area (Å²) >= 11 is 0. The van der Waals surface area contributed by atoms with Crippen molar-refractivity contribution in [2.24, 2.45) is 0 Å². The zero-order valence-electron chi connectivity index (χ0n) is 13.1. The molecule has 0 spiro atoms. The third-order valence-electron chi connectivity index (χ3n) is 3.53. The number of rotatable bonds is 4. The number of benzene rings is 2. The first kappa shape index (κ1) is 15.1. The van der Waals surface area contributed by atoms with Crippen molar-refractivity contribution < 1.29 is 4.79 Å². The summed E-state index contributed by atoms with van der Waals surface area (Å²) in [7, 11) is 4.10. The van der Waals surface area contributed by atoms with E-state index in [0.717, 1.165) is 5.56 Å². The standard InChI is InChI=1S/C18H22N2O/c1-13(19-14(2)21)15-9-11-16(12-10-15)17-7-5-6-8-18(17)20(3)4/h5-13H,1-4H3,(H,19,21)/t13-/m0/s1. The number of carbonyl (C=O) groups is 1. The molecule has 110 valence electrons. The molecular weight excluding hydrogens is 260 g/mol. The SMILES string of the molecule is CC(=O)N[C@@H](C)c1ccc(-c2ccccc2N(C)C)cc1.